The first-order chi connectivity index (χ1) is 8.65. The molecule has 0 bridgehead atoms. The zero-order valence-electron chi connectivity index (χ0n) is 10.3. The molecule has 1 aromatic rings. The second-order valence-corrected chi connectivity index (χ2v) is 4.95. The van der Waals surface area contributed by atoms with Crippen molar-refractivity contribution in [3.05, 3.63) is 27.9 Å². The summed E-state index contributed by atoms with van der Waals surface area (Å²) in [7, 11) is 0. The van der Waals surface area contributed by atoms with Crippen LogP contribution >= 0.6 is 11.8 Å². The zero-order chi connectivity index (χ0) is 13.4. The summed E-state index contributed by atoms with van der Waals surface area (Å²) in [5.41, 5.74) is 0.642. The Kier molecular flexibility index (Phi) is 6.45. The molecule has 1 heterocycles. The number of anilines is 1. The Morgan fingerprint density at radius 2 is 2.33 bits per heavy atom. The molecule has 18 heavy (non-hydrogen) atoms. The lowest BCUT2D eigenvalue weighted by molar-refractivity contribution is -0.385. The zero-order valence-corrected chi connectivity index (χ0v) is 11.1. The molecule has 1 aromatic heterocycles. The minimum Gasteiger partial charge on any atom is -0.396 e. The topological polar surface area (TPSA) is 88.3 Å². The third-order valence-electron chi connectivity index (χ3n) is 2.27. The van der Waals surface area contributed by atoms with E-state index in [2.05, 4.69) is 10.3 Å². The van der Waals surface area contributed by atoms with Crippen LogP contribution in [0, 0.1) is 17.0 Å². The maximum Gasteiger partial charge on any atom is 0.277 e. The Labute approximate surface area is 110 Å². The maximum absolute atomic E-state index is 10.7. The van der Waals surface area contributed by atoms with Gasteiger partial charge in [-0.3, -0.25) is 10.1 Å². The molecular weight excluding hydrogens is 254 g/mol. The van der Waals surface area contributed by atoms with Crippen molar-refractivity contribution in [3.63, 3.8) is 0 Å². The third kappa shape index (κ3) is 4.89. The van der Waals surface area contributed by atoms with E-state index < -0.39 is 4.92 Å². The van der Waals surface area contributed by atoms with E-state index in [4.69, 9.17) is 5.11 Å². The van der Waals surface area contributed by atoms with Gasteiger partial charge in [0.15, 0.2) is 0 Å². The van der Waals surface area contributed by atoms with Crippen molar-refractivity contribution in [2.45, 2.75) is 13.3 Å². The molecule has 0 saturated heterocycles. The first-order valence-electron chi connectivity index (χ1n) is 5.68. The molecule has 0 spiro atoms. The Morgan fingerprint density at radius 3 is 3.00 bits per heavy atom. The van der Waals surface area contributed by atoms with Crippen LogP contribution in [0.25, 0.3) is 0 Å². The van der Waals surface area contributed by atoms with Gasteiger partial charge in [-0.15, -0.1) is 0 Å². The van der Waals surface area contributed by atoms with Crippen molar-refractivity contribution in [1.29, 1.82) is 0 Å². The van der Waals surface area contributed by atoms with Gasteiger partial charge in [0, 0.05) is 30.7 Å². The molecule has 1 rings (SSSR count). The minimum absolute atomic E-state index is 0.0837. The van der Waals surface area contributed by atoms with Gasteiger partial charge in [0.25, 0.3) is 5.69 Å². The fraction of sp³-hybridized carbons (Fsp3) is 0.545. The number of aromatic nitrogens is 1. The smallest absolute Gasteiger partial charge is 0.277 e. The van der Waals surface area contributed by atoms with Crippen LogP contribution in [0.15, 0.2) is 12.3 Å². The number of aliphatic hydroxyl groups excluding tert-OH is 1. The lowest BCUT2D eigenvalue weighted by Gasteiger charge is -2.05. The van der Waals surface area contributed by atoms with Crippen LogP contribution in [0.1, 0.15) is 12.0 Å². The average molecular weight is 271 g/mol. The van der Waals surface area contributed by atoms with Crippen molar-refractivity contribution in [2.75, 3.05) is 30.0 Å². The van der Waals surface area contributed by atoms with Crippen molar-refractivity contribution >= 4 is 23.3 Å². The highest BCUT2D eigenvalue weighted by Crippen LogP contribution is 2.19. The van der Waals surface area contributed by atoms with Gasteiger partial charge in [-0.05, 0) is 19.1 Å². The largest absolute Gasteiger partial charge is 0.396 e. The first-order valence-corrected chi connectivity index (χ1v) is 6.84. The molecule has 6 nitrogen and oxygen atoms in total. The van der Waals surface area contributed by atoms with Gasteiger partial charge in [0.1, 0.15) is 5.82 Å². The van der Waals surface area contributed by atoms with Crippen LogP contribution in [0.2, 0.25) is 0 Å². The van der Waals surface area contributed by atoms with Crippen LogP contribution < -0.4 is 5.32 Å². The van der Waals surface area contributed by atoms with E-state index in [9.17, 15) is 10.1 Å². The van der Waals surface area contributed by atoms with Gasteiger partial charge in [-0.1, -0.05) is 0 Å². The van der Waals surface area contributed by atoms with Gasteiger partial charge >= 0.3 is 0 Å². The number of aryl methyl sites for hydroxylation is 1. The van der Waals surface area contributed by atoms with Crippen LogP contribution in [0.4, 0.5) is 11.5 Å². The number of pyridine rings is 1. The number of hydrogen-bond donors (Lipinski definition) is 2. The predicted octanol–water partition coefficient (Wildman–Crippen LogP) is 1.83. The SMILES string of the molecule is Cc1cnc(NCCSCCCO)cc1[N+](=O)[O-]. The lowest BCUT2D eigenvalue weighted by atomic mass is 10.2. The second kappa shape index (κ2) is 7.88. The molecule has 0 aromatic carbocycles. The number of thioether (sulfide) groups is 1. The molecule has 0 fully saturated rings. The summed E-state index contributed by atoms with van der Waals surface area (Å²) < 4.78 is 0. The van der Waals surface area contributed by atoms with Gasteiger partial charge in [0.05, 0.1) is 11.0 Å². The third-order valence-corrected chi connectivity index (χ3v) is 3.34. The summed E-state index contributed by atoms with van der Waals surface area (Å²) in [6.45, 7) is 2.58. The molecule has 7 heteroatoms. The number of nitro groups is 1. The number of hydrogen-bond acceptors (Lipinski definition) is 6. The molecule has 0 aliphatic heterocycles. The monoisotopic (exact) mass is 271 g/mol. The molecule has 0 aliphatic carbocycles. The molecule has 0 atom stereocenters. The van der Waals surface area contributed by atoms with E-state index in [-0.39, 0.29) is 12.3 Å². The van der Waals surface area contributed by atoms with Gasteiger partial charge in [0.2, 0.25) is 0 Å². The van der Waals surface area contributed by atoms with Gasteiger partial charge < -0.3 is 10.4 Å². The fourth-order valence-electron chi connectivity index (χ4n) is 1.33. The lowest BCUT2D eigenvalue weighted by Crippen LogP contribution is -2.07. The Balaban J connectivity index is 2.38. The average Bonchev–Trinajstić information content (AvgIpc) is 2.35. The molecule has 0 radical (unpaired) electrons. The summed E-state index contributed by atoms with van der Waals surface area (Å²) in [5.74, 6) is 2.32. The number of nitrogens with one attached hydrogen (secondary N) is 1. The Bertz CT molecular complexity index is 401. The molecule has 0 aliphatic rings. The van der Waals surface area contributed by atoms with Crippen LogP contribution in [-0.4, -0.2) is 39.7 Å². The highest BCUT2D eigenvalue weighted by atomic mass is 32.2. The van der Waals surface area contributed by atoms with Crippen molar-refractivity contribution in [2.24, 2.45) is 0 Å². The van der Waals surface area contributed by atoms with E-state index in [1.165, 1.54) is 12.3 Å². The van der Waals surface area contributed by atoms with E-state index in [1.54, 1.807) is 18.7 Å². The quantitative estimate of drug-likeness (QED) is 0.426. The fourth-order valence-corrected chi connectivity index (χ4v) is 2.11. The van der Waals surface area contributed by atoms with E-state index in [0.29, 0.717) is 17.9 Å². The molecule has 100 valence electrons. The van der Waals surface area contributed by atoms with Crippen molar-refractivity contribution in [1.82, 2.24) is 4.98 Å². The Hall–Kier alpha value is -1.34. The normalized spacial score (nSPS) is 10.3. The van der Waals surface area contributed by atoms with E-state index in [1.807, 2.05) is 0 Å². The predicted molar refractivity (Wildman–Crippen MR) is 73.1 cm³/mol. The highest BCUT2D eigenvalue weighted by molar-refractivity contribution is 7.99. The summed E-state index contributed by atoms with van der Waals surface area (Å²) in [5, 5.41) is 22.4. The van der Waals surface area contributed by atoms with Gasteiger partial charge in [-0.2, -0.15) is 11.8 Å². The maximum atomic E-state index is 10.7. The molecule has 2 N–H and O–H groups in total. The summed E-state index contributed by atoms with van der Waals surface area (Å²) in [6.07, 6.45) is 2.29. The Morgan fingerprint density at radius 1 is 1.56 bits per heavy atom. The second-order valence-electron chi connectivity index (χ2n) is 3.73. The van der Waals surface area contributed by atoms with Crippen molar-refractivity contribution < 1.29 is 10.0 Å². The summed E-state index contributed by atoms with van der Waals surface area (Å²) in [6, 6.07) is 1.45. The van der Waals surface area contributed by atoms with E-state index >= 15 is 0 Å². The van der Waals surface area contributed by atoms with Crippen LogP contribution in [0.3, 0.4) is 0 Å². The number of rotatable bonds is 8. The summed E-state index contributed by atoms with van der Waals surface area (Å²) in [4.78, 5) is 14.4. The molecule has 0 amide bonds. The van der Waals surface area contributed by atoms with Crippen LogP contribution in [0.5, 0.6) is 0 Å². The van der Waals surface area contributed by atoms with E-state index in [0.717, 1.165) is 17.9 Å². The number of aliphatic hydroxyl groups is 1. The minimum atomic E-state index is -0.405. The number of nitrogens with zero attached hydrogens (tertiary/aromatic N) is 2. The summed E-state index contributed by atoms with van der Waals surface area (Å²) >= 11 is 1.73. The van der Waals surface area contributed by atoms with Gasteiger partial charge in [-0.25, -0.2) is 4.98 Å². The first kappa shape index (κ1) is 14.7. The molecular formula is C11H17N3O3S. The molecule has 0 saturated carbocycles. The highest BCUT2D eigenvalue weighted by Gasteiger charge is 2.11. The van der Waals surface area contributed by atoms with Crippen molar-refractivity contribution in [3.8, 4) is 0 Å². The van der Waals surface area contributed by atoms with Crippen LogP contribution in [-0.2, 0) is 0 Å². The molecule has 0 unspecified atom stereocenters. The standard InChI is InChI=1S/C11H17N3O3S/c1-9-8-13-11(7-10(9)14(16)17)12-3-6-18-5-2-4-15/h7-8,15H,2-6H2,1H3,(H,12,13).